The second-order valence-electron chi connectivity index (χ2n) is 3.25. The van der Waals surface area contributed by atoms with Gasteiger partial charge in [0.2, 0.25) is 0 Å². The molecule has 0 spiro atoms. The van der Waals surface area contributed by atoms with Gasteiger partial charge in [-0.15, -0.1) is 9.35 Å². The number of unbranched alkanes of at least 4 members (excludes halogenated alkanes) is 2. The molecule has 0 saturated carbocycles. The van der Waals surface area contributed by atoms with Crippen LogP contribution in [0.2, 0.25) is 0 Å². The summed E-state index contributed by atoms with van der Waals surface area (Å²) in [5, 5.41) is 0. The fourth-order valence-corrected chi connectivity index (χ4v) is 2.33. The van der Waals surface area contributed by atoms with Crippen molar-refractivity contribution in [2.45, 2.75) is 32.6 Å². The van der Waals surface area contributed by atoms with E-state index in [1.54, 1.807) is 0 Å². The predicted octanol–water partition coefficient (Wildman–Crippen LogP) is 1.84. The standard InChI is InChI=1S/C9H19O6P.Na.H/c1-4-5-6-7-9(10)8-16(11,14-12-2)15-13-3;;/h4-8H2,1-3H3;;. The molecule has 0 saturated heterocycles. The van der Waals surface area contributed by atoms with Crippen LogP contribution in [-0.4, -0.2) is 55.7 Å². The minimum atomic E-state index is -3.62. The van der Waals surface area contributed by atoms with E-state index in [4.69, 9.17) is 0 Å². The van der Waals surface area contributed by atoms with Gasteiger partial charge in [-0.05, 0) is 6.42 Å². The number of Topliss-reactive ketones (excluding diaryl/α,β-unsaturated/α-hetero) is 1. The number of ketones is 1. The molecule has 0 fully saturated rings. The van der Waals surface area contributed by atoms with Gasteiger partial charge < -0.3 is 0 Å². The Bertz CT molecular complexity index is 238. The zero-order chi connectivity index (χ0) is 12.4. The van der Waals surface area contributed by atoms with Crippen molar-refractivity contribution in [1.82, 2.24) is 0 Å². The fourth-order valence-electron chi connectivity index (χ4n) is 1.16. The minimum absolute atomic E-state index is 0. The second kappa shape index (κ2) is 11.8. The molecule has 0 aliphatic heterocycles. The van der Waals surface area contributed by atoms with E-state index in [-0.39, 0.29) is 41.5 Å². The molecule has 0 unspecified atom stereocenters. The predicted molar refractivity (Wildman–Crippen MR) is 65.0 cm³/mol. The summed E-state index contributed by atoms with van der Waals surface area (Å²) in [6.45, 7) is 2.04. The first kappa shape index (κ1) is 20.1. The van der Waals surface area contributed by atoms with E-state index < -0.39 is 7.60 Å². The van der Waals surface area contributed by atoms with Gasteiger partial charge >= 0.3 is 37.2 Å². The Morgan fingerprint density at radius 2 is 1.65 bits per heavy atom. The van der Waals surface area contributed by atoms with Crippen molar-refractivity contribution < 1.29 is 28.5 Å². The molecule has 6 nitrogen and oxygen atoms in total. The van der Waals surface area contributed by atoms with Gasteiger partial charge in [0.05, 0.1) is 14.2 Å². The molecule has 0 amide bonds. The van der Waals surface area contributed by atoms with E-state index >= 15 is 0 Å². The van der Waals surface area contributed by atoms with Crippen molar-refractivity contribution >= 4 is 42.9 Å². The van der Waals surface area contributed by atoms with Crippen molar-refractivity contribution in [1.29, 1.82) is 0 Å². The average Bonchev–Trinajstić information content (AvgIpc) is 2.18. The molecule has 17 heavy (non-hydrogen) atoms. The molecular formula is C9H20NaO6P. The maximum atomic E-state index is 11.7. The van der Waals surface area contributed by atoms with Crippen LogP contribution in [0.3, 0.4) is 0 Å². The second-order valence-corrected chi connectivity index (χ2v) is 5.08. The summed E-state index contributed by atoms with van der Waals surface area (Å²) in [6.07, 6.45) is 2.78. The average molecular weight is 278 g/mol. The normalized spacial score (nSPS) is 11.0. The van der Waals surface area contributed by atoms with Gasteiger partial charge in [0.1, 0.15) is 11.9 Å². The van der Waals surface area contributed by atoms with Crippen LogP contribution in [0.15, 0.2) is 0 Å². The molecule has 0 atom stereocenters. The summed E-state index contributed by atoms with van der Waals surface area (Å²) < 4.78 is 20.6. The van der Waals surface area contributed by atoms with Crippen LogP contribution in [0.4, 0.5) is 0 Å². The van der Waals surface area contributed by atoms with E-state index in [1.165, 1.54) is 14.2 Å². The number of carbonyl (C=O) groups is 1. The number of hydrogen-bond donors (Lipinski definition) is 0. The summed E-state index contributed by atoms with van der Waals surface area (Å²) in [5.41, 5.74) is 0. The van der Waals surface area contributed by atoms with E-state index in [0.29, 0.717) is 6.42 Å². The molecule has 0 aromatic heterocycles. The van der Waals surface area contributed by atoms with Crippen LogP contribution in [0.1, 0.15) is 32.6 Å². The summed E-state index contributed by atoms with van der Waals surface area (Å²) >= 11 is 0. The Balaban J connectivity index is 0. The molecular weight excluding hydrogens is 258 g/mol. The molecule has 0 N–H and O–H groups in total. The van der Waals surface area contributed by atoms with Gasteiger partial charge in [0, 0.05) is 6.42 Å². The van der Waals surface area contributed by atoms with Gasteiger partial charge in [-0.25, -0.2) is 9.78 Å². The van der Waals surface area contributed by atoms with Crippen molar-refractivity contribution in [3.63, 3.8) is 0 Å². The van der Waals surface area contributed by atoms with E-state index in [0.717, 1.165) is 19.3 Å². The number of carbonyl (C=O) groups excluding carboxylic acids is 1. The SMILES string of the molecule is CCCCCC(=O)CP(=O)(OOC)OOC.[NaH]. The van der Waals surface area contributed by atoms with Gasteiger partial charge in [0.25, 0.3) is 0 Å². The van der Waals surface area contributed by atoms with Crippen molar-refractivity contribution in [3.8, 4) is 0 Å². The van der Waals surface area contributed by atoms with Crippen LogP contribution >= 0.6 is 7.60 Å². The third kappa shape index (κ3) is 10.4. The molecule has 0 radical (unpaired) electrons. The van der Waals surface area contributed by atoms with Crippen molar-refractivity contribution in [2.24, 2.45) is 0 Å². The maximum absolute atomic E-state index is 11.7. The first-order chi connectivity index (χ1) is 7.58. The van der Waals surface area contributed by atoms with Crippen LogP contribution < -0.4 is 0 Å². The van der Waals surface area contributed by atoms with Crippen LogP contribution in [0.25, 0.3) is 0 Å². The molecule has 0 aromatic carbocycles. The van der Waals surface area contributed by atoms with Crippen LogP contribution in [0.5, 0.6) is 0 Å². The number of hydrogen-bond acceptors (Lipinski definition) is 6. The van der Waals surface area contributed by atoms with E-state index in [2.05, 4.69) is 19.1 Å². The summed E-state index contributed by atoms with van der Waals surface area (Å²) in [7, 11) is -1.24. The first-order valence-electron chi connectivity index (χ1n) is 5.13. The first-order valence-corrected chi connectivity index (χ1v) is 6.86. The van der Waals surface area contributed by atoms with Crippen molar-refractivity contribution in [3.05, 3.63) is 0 Å². The Morgan fingerprint density at radius 1 is 1.12 bits per heavy atom. The zero-order valence-electron chi connectivity index (χ0n) is 9.93. The molecule has 0 aromatic rings. The topological polar surface area (TPSA) is 71.1 Å². The molecule has 0 aliphatic carbocycles. The molecule has 98 valence electrons. The molecule has 0 rings (SSSR count). The molecule has 0 heterocycles. The molecule has 8 heteroatoms. The van der Waals surface area contributed by atoms with Gasteiger partial charge in [0.15, 0.2) is 0 Å². The Hall–Kier alpha value is 0.740. The summed E-state index contributed by atoms with van der Waals surface area (Å²) in [6, 6.07) is 0. The Morgan fingerprint density at radius 3 is 2.06 bits per heavy atom. The van der Waals surface area contributed by atoms with E-state index in [9.17, 15) is 9.36 Å². The number of rotatable bonds is 10. The summed E-state index contributed by atoms with van der Waals surface area (Å²) in [4.78, 5) is 20.0. The quantitative estimate of drug-likeness (QED) is 0.200. The van der Waals surface area contributed by atoms with Gasteiger partial charge in [-0.1, -0.05) is 19.8 Å². The third-order valence-corrected chi connectivity index (χ3v) is 3.30. The van der Waals surface area contributed by atoms with Crippen molar-refractivity contribution in [2.75, 3.05) is 20.4 Å². The monoisotopic (exact) mass is 278 g/mol. The summed E-state index contributed by atoms with van der Waals surface area (Å²) in [5.74, 6) is -0.189. The Kier molecular flexibility index (Phi) is 13.9. The van der Waals surface area contributed by atoms with Gasteiger partial charge in [-0.3, -0.25) is 9.36 Å². The molecule has 0 aliphatic rings. The van der Waals surface area contributed by atoms with Crippen LogP contribution in [-0.2, 0) is 28.5 Å². The Labute approximate surface area is 124 Å². The van der Waals surface area contributed by atoms with E-state index in [1.807, 2.05) is 6.92 Å². The third-order valence-electron chi connectivity index (χ3n) is 1.81. The fraction of sp³-hybridized carbons (Fsp3) is 0.889. The zero-order valence-corrected chi connectivity index (χ0v) is 10.8. The van der Waals surface area contributed by atoms with Crippen LogP contribution in [0, 0.1) is 0 Å². The van der Waals surface area contributed by atoms with Gasteiger partial charge in [-0.2, -0.15) is 0 Å². The molecule has 0 bridgehead atoms.